The van der Waals surface area contributed by atoms with E-state index in [-0.39, 0.29) is 5.91 Å². The van der Waals surface area contributed by atoms with E-state index in [0.29, 0.717) is 12.3 Å². The first-order valence-electron chi connectivity index (χ1n) is 8.06. The highest BCUT2D eigenvalue weighted by Crippen LogP contribution is 2.49. The van der Waals surface area contributed by atoms with E-state index in [1.54, 1.807) is 0 Å². The maximum absolute atomic E-state index is 12.3. The van der Waals surface area contributed by atoms with Gasteiger partial charge < -0.3 is 5.32 Å². The zero-order chi connectivity index (χ0) is 14.2. The number of nitrogens with one attached hydrogen (secondary N) is 1. The fourth-order valence-electron chi connectivity index (χ4n) is 4.34. The number of benzene rings is 2. The quantitative estimate of drug-likeness (QED) is 0.873. The van der Waals surface area contributed by atoms with E-state index in [1.807, 2.05) is 18.2 Å². The summed E-state index contributed by atoms with van der Waals surface area (Å²) in [5.74, 6) is 2.54. The maximum atomic E-state index is 12.3. The normalized spacial score (nSPS) is 27.1. The molecule has 0 aliphatic heterocycles. The number of amides is 1. The number of hydrogen-bond donors (Lipinski definition) is 1. The van der Waals surface area contributed by atoms with Crippen molar-refractivity contribution in [3.63, 3.8) is 0 Å². The third-order valence-electron chi connectivity index (χ3n) is 5.37. The Balaban J connectivity index is 1.43. The van der Waals surface area contributed by atoms with Gasteiger partial charge in [-0.2, -0.15) is 0 Å². The van der Waals surface area contributed by atoms with Crippen LogP contribution in [0.1, 0.15) is 32.1 Å². The SMILES string of the molecule is O=C(C[C@@H]1C[C@@H]2CC[C@@H]1C2)Nc1ccc2ccccc2c1. The molecule has 0 unspecified atom stereocenters. The van der Waals surface area contributed by atoms with Gasteiger partial charge in [-0.3, -0.25) is 4.79 Å². The maximum Gasteiger partial charge on any atom is 0.224 e. The average Bonchev–Trinajstić information content (AvgIpc) is 3.09. The highest BCUT2D eigenvalue weighted by atomic mass is 16.1. The van der Waals surface area contributed by atoms with Crippen molar-refractivity contribution in [3.05, 3.63) is 42.5 Å². The van der Waals surface area contributed by atoms with Gasteiger partial charge in [0.1, 0.15) is 0 Å². The molecule has 1 amide bonds. The molecule has 2 aromatic carbocycles. The van der Waals surface area contributed by atoms with Crippen LogP contribution in [0.25, 0.3) is 10.8 Å². The number of fused-ring (bicyclic) bond motifs is 3. The molecule has 2 aliphatic rings. The van der Waals surface area contributed by atoms with Gasteiger partial charge >= 0.3 is 0 Å². The molecule has 2 heteroatoms. The molecule has 0 radical (unpaired) electrons. The van der Waals surface area contributed by atoms with Gasteiger partial charge in [0, 0.05) is 12.1 Å². The molecule has 0 heterocycles. The van der Waals surface area contributed by atoms with E-state index < -0.39 is 0 Å². The van der Waals surface area contributed by atoms with Crippen LogP contribution in [0.3, 0.4) is 0 Å². The third kappa shape index (κ3) is 2.55. The first-order valence-corrected chi connectivity index (χ1v) is 8.06. The van der Waals surface area contributed by atoms with Crippen LogP contribution in [0.2, 0.25) is 0 Å². The molecule has 0 aromatic heterocycles. The van der Waals surface area contributed by atoms with Crippen molar-refractivity contribution in [2.45, 2.75) is 32.1 Å². The van der Waals surface area contributed by atoms with Crippen molar-refractivity contribution in [2.75, 3.05) is 5.32 Å². The summed E-state index contributed by atoms with van der Waals surface area (Å²) in [6.07, 6.45) is 6.09. The zero-order valence-electron chi connectivity index (χ0n) is 12.2. The molecule has 3 atom stereocenters. The molecule has 2 fully saturated rings. The minimum absolute atomic E-state index is 0.183. The molecule has 0 saturated heterocycles. The van der Waals surface area contributed by atoms with Crippen molar-refractivity contribution in [2.24, 2.45) is 17.8 Å². The molecule has 4 rings (SSSR count). The zero-order valence-corrected chi connectivity index (χ0v) is 12.2. The smallest absolute Gasteiger partial charge is 0.224 e. The number of anilines is 1. The van der Waals surface area contributed by atoms with Gasteiger partial charge in [0.25, 0.3) is 0 Å². The van der Waals surface area contributed by atoms with Gasteiger partial charge in [0.15, 0.2) is 0 Å². The van der Waals surface area contributed by atoms with Gasteiger partial charge in [-0.25, -0.2) is 0 Å². The van der Waals surface area contributed by atoms with E-state index in [2.05, 4.69) is 29.6 Å². The summed E-state index contributed by atoms with van der Waals surface area (Å²) in [5, 5.41) is 5.47. The molecule has 2 saturated carbocycles. The molecule has 108 valence electrons. The second-order valence-electron chi connectivity index (χ2n) is 6.75. The van der Waals surface area contributed by atoms with Crippen molar-refractivity contribution in [1.82, 2.24) is 0 Å². The van der Waals surface area contributed by atoms with Gasteiger partial charge in [0.05, 0.1) is 0 Å². The van der Waals surface area contributed by atoms with Gasteiger partial charge in [-0.1, -0.05) is 36.8 Å². The van der Waals surface area contributed by atoms with Gasteiger partial charge in [0.2, 0.25) is 5.91 Å². The van der Waals surface area contributed by atoms with Gasteiger partial charge in [-0.15, -0.1) is 0 Å². The summed E-state index contributed by atoms with van der Waals surface area (Å²) in [7, 11) is 0. The summed E-state index contributed by atoms with van der Waals surface area (Å²) >= 11 is 0. The number of rotatable bonds is 3. The molecule has 0 spiro atoms. The predicted octanol–water partition coefficient (Wildman–Crippen LogP) is 4.60. The van der Waals surface area contributed by atoms with Crippen LogP contribution in [-0.4, -0.2) is 5.91 Å². The van der Waals surface area contributed by atoms with Crippen molar-refractivity contribution in [3.8, 4) is 0 Å². The lowest BCUT2D eigenvalue weighted by Crippen LogP contribution is -2.20. The molecule has 2 bridgehead atoms. The average molecular weight is 279 g/mol. The molecule has 2 aromatic rings. The van der Waals surface area contributed by atoms with Crippen LogP contribution < -0.4 is 5.32 Å². The lowest BCUT2D eigenvalue weighted by atomic mass is 9.86. The minimum atomic E-state index is 0.183. The number of hydrogen-bond acceptors (Lipinski definition) is 1. The molecule has 1 N–H and O–H groups in total. The summed E-state index contributed by atoms with van der Waals surface area (Å²) in [6, 6.07) is 14.4. The highest BCUT2D eigenvalue weighted by molar-refractivity contribution is 5.94. The largest absolute Gasteiger partial charge is 0.326 e. The predicted molar refractivity (Wildman–Crippen MR) is 86.1 cm³/mol. The molecular weight excluding hydrogens is 258 g/mol. The summed E-state index contributed by atoms with van der Waals surface area (Å²) in [5.41, 5.74) is 0.918. The fraction of sp³-hybridized carbons (Fsp3) is 0.421. The Morgan fingerprint density at radius 3 is 2.67 bits per heavy atom. The highest BCUT2D eigenvalue weighted by Gasteiger charge is 2.40. The van der Waals surface area contributed by atoms with Crippen LogP contribution in [0.5, 0.6) is 0 Å². The first-order chi connectivity index (χ1) is 10.3. The van der Waals surface area contributed by atoms with Crippen LogP contribution in [0, 0.1) is 17.8 Å². The fourth-order valence-corrected chi connectivity index (χ4v) is 4.34. The lowest BCUT2D eigenvalue weighted by Gasteiger charge is -2.20. The van der Waals surface area contributed by atoms with Crippen molar-refractivity contribution >= 4 is 22.4 Å². The van der Waals surface area contributed by atoms with E-state index >= 15 is 0 Å². The Morgan fingerprint density at radius 2 is 1.90 bits per heavy atom. The van der Waals surface area contributed by atoms with Crippen LogP contribution in [0.15, 0.2) is 42.5 Å². The lowest BCUT2D eigenvalue weighted by molar-refractivity contribution is -0.117. The Hall–Kier alpha value is -1.83. The summed E-state index contributed by atoms with van der Waals surface area (Å²) in [4.78, 5) is 12.3. The van der Waals surface area contributed by atoms with E-state index in [4.69, 9.17) is 0 Å². The Morgan fingerprint density at radius 1 is 1.05 bits per heavy atom. The third-order valence-corrected chi connectivity index (χ3v) is 5.37. The topological polar surface area (TPSA) is 29.1 Å². The summed E-state index contributed by atoms with van der Waals surface area (Å²) < 4.78 is 0. The molecule has 2 aliphatic carbocycles. The van der Waals surface area contributed by atoms with Crippen LogP contribution in [0.4, 0.5) is 5.69 Å². The Bertz CT molecular complexity index is 678. The minimum Gasteiger partial charge on any atom is -0.326 e. The Labute approximate surface area is 125 Å². The standard InChI is InChI=1S/C19H21NO/c21-19(12-17-10-13-5-6-16(17)9-13)20-18-8-7-14-3-1-2-4-15(14)11-18/h1-4,7-8,11,13,16-17H,5-6,9-10,12H2,(H,20,21)/t13-,16-,17+/m1/s1. The molecule has 2 nitrogen and oxygen atoms in total. The summed E-state index contributed by atoms with van der Waals surface area (Å²) in [6.45, 7) is 0. The second kappa shape index (κ2) is 5.18. The van der Waals surface area contributed by atoms with E-state index in [9.17, 15) is 4.79 Å². The second-order valence-corrected chi connectivity index (χ2v) is 6.75. The number of carbonyl (C=O) groups excluding carboxylic acids is 1. The Kier molecular flexibility index (Phi) is 3.17. The van der Waals surface area contributed by atoms with Crippen molar-refractivity contribution < 1.29 is 4.79 Å². The van der Waals surface area contributed by atoms with Crippen molar-refractivity contribution in [1.29, 1.82) is 0 Å². The van der Waals surface area contributed by atoms with Crippen LogP contribution in [-0.2, 0) is 4.79 Å². The number of carbonyl (C=O) groups is 1. The van der Waals surface area contributed by atoms with E-state index in [0.717, 1.165) is 17.5 Å². The van der Waals surface area contributed by atoms with Crippen LogP contribution >= 0.6 is 0 Å². The van der Waals surface area contributed by atoms with E-state index in [1.165, 1.54) is 36.5 Å². The first kappa shape index (κ1) is 12.9. The monoisotopic (exact) mass is 279 g/mol. The molecular formula is C19H21NO. The van der Waals surface area contributed by atoms with Gasteiger partial charge in [-0.05, 0) is 59.9 Å². The molecule has 21 heavy (non-hydrogen) atoms.